The maximum absolute atomic E-state index is 13.8. The number of halogens is 2. The highest BCUT2D eigenvalue weighted by Crippen LogP contribution is 2.28. The molecule has 170 valence electrons. The van der Waals surface area contributed by atoms with E-state index in [0.29, 0.717) is 17.3 Å². The molecule has 0 aliphatic rings. The minimum absolute atomic E-state index is 0.0562. The standard InChI is InChI=1S/C22H25F2N5O2S/c1-13(2)25-19-12-20(26-15-9-14(3)10-16(11-15)32(5,30)31)29-21(28-19)17-7-6-8-18(27-17)22(4,23)24/h6-13H,1-5H3,(H2,25,26,28,29). The molecule has 0 bridgehead atoms. The number of hydrogen-bond acceptors (Lipinski definition) is 7. The average Bonchev–Trinajstić information content (AvgIpc) is 2.65. The lowest BCUT2D eigenvalue weighted by atomic mass is 10.2. The van der Waals surface area contributed by atoms with E-state index in [0.717, 1.165) is 18.7 Å². The van der Waals surface area contributed by atoms with Crippen molar-refractivity contribution in [3.63, 3.8) is 0 Å². The largest absolute Gasteiger partial charge is 0.368 e. The van der Waals surface area contributed by atoms with Crippen LogP contribution in [0.4, 0.5) is 26.1 Å². The van der Waals surface area contributed by atoms with E-state index in [9.17, 15) is 17.2 Å². The zero-order chi connectivity index (χ0) is 23.7. The number of rotatable bonds is 7. The smallest absolute Gasteiger partial charge is 0.286 e. The first-order valence-corrected chi connectivity index (χ1v) is 11.8. The summed E-state index contributed by atoms with van der Waals surface area (Å²) in [5.41, 5.74) is 1.09. The zero-order valence-electron chi connectivity index (χ0n) is 18.4. The van der Waals surface area contributed by atoms with Crippen LogP contribution in [0, 0.1) is 6.92 Å². The Balaban J connectivity index is 2.07. The van der Waals surface area contributed by atoms with E-state index >= 15 is 0 Å². The second kappa shape index (κ2) is 8.78. The summed E-state index contributed by atoms with van der Waals surface area (Å²) in [6.45, 7) is 6.44. The Hall–Kier alpha value is -3.14. The van der Waals surface area contributed by atoms with Gasteiger partial charge in [0.25, 0.3) is 5.92 Å². The molecule has 0 saturated heterocycles. The van der Waals surface area contributed by atoms with Crippen molar-refractivity contribution < 1.29 is 17.2 Å². The van der Waals surface area contributed by atoms with Gasteiger partial charge in [-0.25, -0.2) is 23.4 Å². The van der Waals surface area contributed by atoms with Crippen molar-refractivity contribution in [2.45, 2.75) is 44.6 Å². The quantitative estimate of drug-likeness (QED) is 0.515. The summed E-state index contributed by atoms with van der Waals surface area (Å²) >= 11 is 0. The number of aromatic nitrogens is 3. The first kappa shape index (κ1) is 23.5. The molecule has 7 nitrogen and oxygen atoms in total. The fraction of sp³-hybridized carbons (Fsp3) is 0.318. The minimum atomic E-state index is -3.40. The number of alkyl halides is 2. The van der Waals surface area contributed by atoms with Gasteiger partial charge in [0.05, 0.1) is 4.90 Å². The Morgan fingerprint density at radius 3 is 2.31 bits per heavy atom. The number of pyridine rings is 1. The van der Waals surface area contributed by atoms with Gasteiger partial charge in [0.15, 0.2) is 15.7 Å². The van der Waals surface area contributed by atoms with E-state index in [-0.39, 0.29) is 28.1 Å². The van der Waals surface area contributed by atoms with Crippen LogP contribution in [0.1, 0.15) is 32.0 Å². The van der Waals surface area contributed by atoms with E-state index in [1.165, 1.54) is 18.2 Å². The fourth-order valence-corrected chi connectivity index (χ4v) is 3.72. The second-order valence-electron chi connectivity index (χ2n) is 7.99. The van der Waals surface area contributed by atoms with Gasteiger partial charge >= 0.3 is 0 Å². The number of anilines is 3. The maximum atomic E-state index is 13.8. The van der Waals surface area contributed by atoms with Crippen molar-refractivity contribution in [2.24, 2.45) is 0 Å². The van der Waals surface area contributed by atoms with Crippen molar-refractivity contribution in [2.75, 3.05) is 16.9 Å². The van der Waals surface area contributed by atoms with Crippen molar-refractivity contribution in [1.29, 1.82) is 0 Å². The van der Waals surface area contributed by atoms with Gasteiger partial charge in [0.2, 0.25) is 0 Å². The molecular weight excluding hydrogens is 436 g/mol. The van der Waals surface area contributed by atoms with Gasteiger partial charge in [-0.15, -0.1) is 0 Å². The molecule has 2 N–H and O–H groups in total. The normalized spacial score (nSPS) is 12.1. The number of nitrogens with zero attached hydrogens (tertiary/aromatic N) is 3. The fourth-order valence-electron chi connectivity index (χ4n) is 2.98. The molecule has 1 aromatic carbocycles. The molecule has 2 aromatic heterocycles. The highest BCUT2D eigenvalue weighted by Gasteiger charge is 2.26. The number of aryl methyl sites for hydroxylation is 1. The van der Waals surface area contributed by atoms with E-state index in [2.05, 4.69) is 25.6 Å². The lowest BCUT2D eigenvalue weighted by Crippen LogP contribution is -2.13. The predicted molar refractivity (Wildman–Crippen MR) is 121 cm³/mol. The van der Waals surface area contributed by atoms with Crippen LogP contribution < -0.4 is 10.6 Å². The van der Waals surface area contributed by atoms with E-state index in [1.807, 2.05) is 13.8 Å². The van der Waals surface area contributed by atoms with Crippen LogP contribution in [0.5, 0.6) is 0 Å². The van der Waals surface area contributed by atoms with Crippen LogP contribution >= 0.6 is 0 Å². The van der Waals surface area contributed by atoms with Gasteiger partial charge in [-0.05, 0) is 56.7 Å². The Kier molecular flexibility index (Phi) is 6.45. The Labute approximate surface area is 186 Å². The molecule has 3 rings (SSSR count). The van der Waals surface area contributed by atoms with Gasteiger partial charge in [0.1, 0.15) is 23.0 Å². The topological polar surface area (TPSA) is 96.9 Å². The molecule has 0 spiro atoms. The third kappa shape index (κ3) is 5.97. The molecule has 0 unspecified atom stereocenters. The number of nitrogens with one attached hydrogen (secondary N) is 2. The Morgan fingerprint density at radius 1 is 1.00 bits per heavy atom. The van der Waals surface area contributed by atoms with Gasteiger partial charge in [0, 0.05) is 31.0 Å². The molecule has 0 radical (unpaired) electrons. The number of benzene rings is 1. The maximum Gasteiger partial charge on any atom is 0.286 e. The monoisotopic (exact) mass is 461 g/mol. The molecule has 0 saturated carbocycles. The molecule has 10 heteroatoms. The van der Waals surface area contributed by atoms with E-state index < -0.39 is 15.8 Å². The molecule has 0 aliphatic carbocycles. The molecule has 0 aliphatic heterocycles. The van der Waals surface area contributed by atoms with Crippen molar-refractivity contribution >= 4 is 27.2 Å². The van der Waals surface area contributed by atoms with Crippen LogP contribution in [0.2, 0.25) is 0 Å². The first-order chi connectivity index (χ1) is 14.8. The van der Waals surface area contributed by atoms with Crippen LogP contribution in [0.25, 0.3) is 11.5 Å². The van der Waals surface area contributed by atoms with E-state index in [1.54, 1.807) is 31.2 Å². The molecule has 2 heterocycles. The highest BCUT2D eigenvalue weighted by atomic mass is 32.2. The average molecular weight is 462 g/mol. The predicted octanol–water partition coefficient (Wildman–Crippen LogP) is 4.93. The van der Waals surface area contributed by atoms with Gasteiger partial charge in [-0.1, -0.05) is 6.07 Å². The zero-order valence-corrected chi connectivity index (χ0v) is 19.3. The molecule has 0 fully saturated rings. The Bertz CT molecular complexity index is 1240. The van der Waals surface area contributed by atoms with Crippen LogP contribution in [-0.2, 0) is 15.8 Å². The van der Waals surface area contributed by atoms with Crippen LogP contribution in [0.3, 0.4) is 0 Å². The van der Waals surface area contributed by atoms with Crippen molar-refractivity contribution in [3.05, 3.63) is 53.7 Å². The summed E-state index contributed by atoms with van der Waals surface area (Å²) in [4.78, 5) is 13.1. The van der Waals surface area contributed by atoms with Crippen molar-refractivity contribution in [3.8, 4) is 11.5 Å². The summed E-state index contributed by atoms with van der Waals surface area (Å²) in [6.07, 6.45) is 1.14. The summed E-state index contributed by atoms with van der Waals surface area (Å²) in [6, 6.07) is 10.9. The highest BCUT2D eigenvalue weighted by molar-refractivity contribution is 7.90. The Morgan fingerprint density at radius 2 is 1.69 bits per heavy atom. The summed E-state index contributed by atoms with van der Waals surface area (Å²) < 4.78 is 51.5. The molecule has 3 aromatic rings. The summed E-state index contributed by atoms with van der Waals surface area (Å²) in [5.74, 6) is -2.12. The SMILES string of the molecule is Cc1cc(Nc2cc(NC(C)C)nc(-c3cccc(C(C)(F)F)n3)n2)cc(S(C)(=O)=O)c1. The molecular formula is C22H25F2N5O2S. The second-order valence-corrected chi connectivity index (χ2v) is 10.0. The minimum Gasteiger partial charge on any atom is -0.368 e. The summed E-state index contributed by atoms with van der Waals surface area (Å²) in [7, 11) is -3.40. The van der Waals surface area contributed by atoms with Crippen molar-refractivity contribution in [1.82, 2.24) is 15.0 Å². The first-order valence-electron chi connectivity index (χ1n) is 9.91. The van der Waals surface area contributed by atoms with Gasteiger partial charge in [-0.3, -0.25) is 0 Å². The van der Waals surface area contributed by atoms with Gasteiger partial charge < -0.3 is 10.6 Å². The lowest BCUT2D eigenvalue weighted by Gasteiger charge is -2.15. The number of hydrogen-bond donors (Lipinski definition) is 2. The molecule has 0 amide bonds. The third-order valence-electron chi connectivity index (χ3n) is 4.34. The van der Waals surface area contributed by atoms with E-state index in [4.69, 9.17) is 0 Å². The summed E-state index contributed by atoms with van der Waals surface area (Å²) in [5, 5.41) is 6.26. The third-order valence-corrected chi connectivity index (χ3v) is 5.43. The number of sulfone groups is 1. The van der Waals surface area contributed by atoms with Crippen LogP contribution in [-0.4, -0.2) is 35.7 Å². The van der Waals surface area contributed by atoms with Gasteiger partial charge in [-0.2, -0.15) is 8.78 Å². The molecule has 0 atom stereocenters. The molecule has 32 heavy (non-hydrogen) atoms. The lowest BCUT2D eigenvalue weighted by molar-refractivity contribution is 0.0129. The van der Waals surface area contributed by atoms with Crippen LogP contribution in [0.15, 0.2) is 47.4 Å².